The molecule has 0 saturated heterocycles. The number of hydrogen-bond acceptors (Lipinski definition) is 2. The molecule has 0 aromatic heterocycles. The molecule has 0 spiro atoms. The lowest BCUT2D eigenvalue weighted by Gasteiger charge is -2.26. The van der Waals surface area contributed by atoms with E-state index in [0.29, 0.717) is 5.92 Å². The highest BCUT2D eigenvalue weighted by atomic mass is 16.5. The fourth-order valence-electron chi connectivity index (χ4n) is 3.05. The summed E-state index contributed by atoms with van der Waals surface area (Å²) < 4.78 is 5.52. The lowest BCUT2D eigenvalue weighted by atomic mass is 9.87. The molecule has 1 aliphatic heterocycles. The van der Waals surface area contributed by atoms with E-state index in [1.807, 2.05) is 0 Å². The molecule has 2 heteroatoms. The molecule has 0 amide bonds. The summed E-state index contributed by atoms with van der Waals surface area (Å²) in [5.41, 5.74) is 2.25. The van der Waals surface area contributed by atoms with Gasteiger partial charge in [0.1, 0.15) is 5.75 Å². The van der Waals surface area contributed by atoms with Gasteiger partial charge in [-0.3, -0.25) is 0 Å². The van der Waals surface area contributed by atoms with Crippen molar-refractivity contribution in [1.29, 1.82) is 0 Å². The third kappa shape index (κ3) is 2.26. The van der Waals surface area contributed by atoms with Gasteiger partial charge >= 0.3 is 0 Å². The van der Waals surface area contributed by atoms with E-state index in [2.05, 4.69) is 25.1 Å². The molecule has 98 valence electrons. The van der Waals surface area contributed by atoms with E-state index in [9.17, 15) is 5.11 Å². The molecule has 0 radical (unpaired) electrons. The Kier molecular flexibility index (Phi) is 3.06. The van der Waals surface area contributed by atoms with Gasteiger partial charge in [0, 0.05) is 6.42 Å². The molecular weight excluding hydrogens is 224 g/mol. The first-order chi connectivity index (χ1) is 8.71. The van der Waals surface area contributed by atoms with Crippen LogP contribution in [-0.4, -0.2) is 17.3 Å². The highest BCUT2D eigenvalue weighted by molar-refractivity contribution is 5.39. The minimum Gasteiger partial charge on any atom is -0.493 e. The lowest BCUT2D eigenvalue weighted by molar-refractivity contribution is 0.00548. The molecule has 1 aromatic rings. The summed E-state index contributed by atoms with van der Waals surface area (Å²) in [7, 11) is 0. The maximum absolute atomic E-state index is 10.6. The maximum Gasteiger partial charge on any atom is 0.122 e. The van der Waals surface area contributed by atoms with Crippen molar-refractivity contribution in [2.45, 2.75) is 51.0 Å². The number of aryl methyl sites for hydroxylation is 1. The summed E-state index contributed by atoms with van der Waals surface area (Å²) in [5, 5.41) is 10.6. The van der Waals surface area contributed by atoms with E-state index in [1.165, 1.54) is 24.0 Å². The molecule has 3 rings (SSSR count). The molecule has 1 unspecified atom stereocenters. The summed E-state index contributed by atoms with van der Waals surface area (Å²) in [5.74, 6) is 1.60. The standard InChI is InChI=1S/C16H22O2/c1-2-16(17,14-4-5-14)9-7-12-3-6-15-13(11-12)8-10-18-15/h3,6,11,14,17H,2,4-5,7-10H2,1H3. The monoisotopic (exact) mass is 246 g/mol. The van der Waals surface area contributed by atoms with Gasteiger partial charge in [0.25, 0.3) is 0 Å². The SMILES string of the molecule is CCC(O)(CCc1ccc2c(c1)CCO2)C1CC1. The summed E-state index contributed by atoms with van der Waals surface area (Å²) in [4.78, 5) is 0. The first kappa shape index (κ1) is 12.0. The average Bonchev–Trinajstić information content (AvgIpc) is 3.15. The minimum atomic E-state index is -0.421. The Hall–Kier alpha value is -1.02. The predicted octanol–water partition coefficient (Wildman–Crippen LogP) is 3.11. The lowest BCUT2D eigenvalue weighted by Crippen LogP contribution is -2.31. The van der Waals surface area contributed by atoms with Crippen LogP contribution in [0.5, 0.6) is 5.75 Å². The van der Waals surface area contributed by atoms with E-state index in [4.69, 9.17) is 4.74 Å². The molecule has 18 heavy (non-hydrogen) atoms. The molecule has 2 aliphatic rings. The second-order valence-corrected chi connectivity index (χ2v) is 5.77. The zero-order chi connectivity index (χ0) is 12.6. The smallest absolute Gasteiger partial charge is 0.122 e. The van der Waals surface area contributed by atoms with Gasteiger partial charge in [0.15, 0.2) is 0 Å². The van der Waals surface area contributed by atoms with Crippen LogP contribution in [0.3, 0.4) is 0 Å². The van der Waals surface area contributed by atoms with Crippen molar-refractivity contribution in [2.24, 2.45) is 5.92 Å². The molecule has 2 nitrogen and oxygen atoms in total. The van der Waals surface area contributed by atoms with E-state index in [0.717, 1.165) is 38.0 Å². The Morgan fingerprint density at radius 1 is 1.39 bits per heavy atom. The van der Waals surface area contributed by atoms with Crippen LogP contribution in [0.2, 0.25) is 0 Å². The van der Waals surface area contributed by atoms with Crippen molar-refractivity contribution in [3.05, 3.63) is 29.3 Å². The van der Waals surface area contributed by atoms with E-state index < -0.39 is 5.60 Å². The fraction of sp³-hybridized carbons (Fsp3) is 0.625. The van der Waals surface area contributed by atoms with Crippen molar-refractivity contribution in [3.8, 4) is 5.75 Å². The van der Waals surface area contributed by atoms with Gasteiger partial charge in [0.2, 0.25) is 0 Å². The van der Waals surface area contributed by atoms with E-state index in [1.54, 1.807) is 0 Å². The van der Waals surface area contributed by atoms with Crippen LogP contribution in [0.15, 0.2) is 18.2 Å². The molecular formula is C16H22O2. The number of aliphatic hydroxyl groups is 1. The van der Waals surface area contributed by atoms with Crippen LogP contribution >= 0.6 is 0 Å². The maximum atomic E-state index is 10.6. The van der Waals surface area contributed by atoms with Crippen LogP contribution in [0, 0.1) is 5.92 Å². The van der Waals surface area contributed by atoms with Crippen LogP contribution < -0.4 is 4.74 Å². The molecule has 1 heterocycles. The molecule has 0 bridgehead atoms. The van der Waals surface area contributed by atoms with Gasteiger partial charge in [0.05, 0.1) is 12.2 Å². The molecule has 1 atom stereocenters. The number of rotatable bonds is 5. The largest absolute Gasteiger partial charge is 0.493 e. The van der Waals surface area contributed by atoms with Gasteiger partial charge in [-0.1, -0.05) is 19.1 Å². The molecule has 1 fully saturated rings. The normalized spacial score (nSPS) is 21.2. The van der Waals surface area contributed by atoms with Crippen LogP contribution in [0.1, 0.15) is 43.7 Å². The van der Waals surface area contributed by atoms with Crippen molar-refractivity contribution in [1.82, 2.24) is 0 Å². The number of fused-ring (bicyclic) bond motifs is 1. The summed E-state index contributed by atoms with van der Waals surface area (Å²) in [6.07, 6.45) is 6.21. The molecule has 1 N–H and O–H groups in total. The van der Waals surface area contributed by atoms with Crippen LogP contribution in [0.25, 0.3) is 0 Å². The zero-order valence-corrected chi connectivity index (χ0v) is 11.1. The van der Waals surface area contributed by atoms with Gasteiger partial charge in [-0.15, -0.1) is 0 Å². The third-order valence-corrected chi connectivity index (χ3v) is 4.55. The second-order valence-electron chi connectivity index (χ2n) is 5.77. The zero-order valence-electron chi connectivity index (χ0n) is 11.1. The van der Waals surface area contributed by atoms with E-state index in [-0.39, 0.29) is 0 Å². The van der Waals surface area contributed by atoms with Crippen LogP contribution in [-0.2, 0) is 12.8 Å². The van der Waals surface area contributed by atoms with E-state index >= 15 is 0 Å². The van der Waals surface area contributed by atoms with Gasteiger partial charge in [-0.2, -0.15) is 0 Å². The van der Waals surface area contributed by atoms with Crippen LogP contribution in [0.4, 0.5) is 0 Å². The minimum absolute atomic E-state index is 0.421. The van der Waals surface area contributed by atoms with Crippen molar-refractivity contribution in [3.63, 3.8) is 0 Å². The number of ether oxygens (including phenoxy) is 1. The average molecular weight is 246 g/mol. The van der Waals surface area contributed by atoms with Gasteiger partial charge in [-0.05, 0) is 55.2 Å². The first-order valence-corrected chi connectivity index (χ1v) is 7.18. The second kappa shape index (κ2) is 4.58. The quantitative estimate of drug-likeness (QED) is 0.865. The molecule has 1 aliphatic carbocycles. The molecule has 1 aromatic carbocycles. The Labute approximate surface area is 109 Å². The molecule has 1 saturated carbocycles. The Morgan fingerprint density at radius 2 is 2.22 bits per heavy atom. The van der Waals surface area contributed by atoms with Crippen molar-refractivity contribution >= 4 is 0 Å². The predicted molar refractivity (Wildman–Crippen MR) is 71.9 cm³/mol. The summed E-state index contributed by atoms with van der Waals surface area (Å²) >= 11 is 0. The third-order valence-electron chi connectivity index (χ3n) is 4.55. The van der Waals surface area contributed by atoms with Crippen molar-refractivity contribution < 1.29 is 9.84 Å². The van der Waals surface area contributed by atoms with Crippen molar-refractivity contribution in [2.75, 3.05) is 6.61 Å². The Balaban J connectivity index is 1.66. The number of benzene rings is 1. The first-order valence-electron chi connectivity index (χ1n) is 7.18. The Morgan fingerprint density at radius 3 is 2.94 bits per heavy atom. The highest BCUT2D eigenvalue weighted by Gasteiger charge is 2.41. The highest BCUT2D eigenvalue weighted by Crippen LogP contribution is 2.44. The number of hydrogen-bond donors (Lipinski definition) is 1. The fourth-order valence-corrected chi connectivity index (χ4v) is 3.05. The summed E-state index contributed by atoms with van der Waals surface area (Å²) in [6.45, 7) is 2.93. The topological polar surface area (TPSA) is 29.5 Å². The van der Waals surface area contributed by atoms with Gasteiger partial charge < -0.3 is 9.84 Å². The Bertz CT molecular complexity index is 437. The summed E-state index contributed by atoms with van der Waals surface area (Å²) in [6, 6.07) is 6.48. The van der Waals surface area contributed by atoms with Gasteiger partial charge in [-0.25, -0.2) is 0 Å².